The normalized spacial score (nSPS) is 21.5. The number of rotatable bonds is 4. The van der Waals surface area contributed by atoms with Gasteiger partial charge >= 0.3 is 0 Å². The van der Waals surface area contributed by atoms with Gasteiger partial charge in [0.2, 0.25) is 11.9 Å². The molecule has 1 saturated heterocycles. The summed E-state index contributed by atoms with van der Waals surface area (Å²) in [5, 5.41) is 10.8. The van der Waals surface area contributed by atoms with E-state index in [1.807, 2.05) is 19.9 Å². The lowest BCUT2D eigenvalue weighted by molar-refractivity contribution is -0.128. The molecule has 30 heavy (non-hydrogen) atoms. The van der Waals surface area contributed by atoms with Crippen LogP contribution in [0.3, 0.4) is 0 Å². The van der Waals surface area contributed by atoms with Gasteiger partial charge in [-0.15, -0.1) is 0 Å². The van der Waals surface area contributed by atoms with Gasteiger partial charge in [0.15, 0.2) is 6.29 Å². The van der Waals surface area contributed by atoms with Crippen molar-refractivity contribution in [2.24, 2.45) is 5.92 Å². The van der Waals surface area contributed by atoms with E-state index in [-0.39, 0.29) is 17.9 Å². The predicted molar refractivity (Wildman–Crippen MR) is 120 cm³/mol. The molecule has 156 valence electrons. The Kier molecular flexibility index (Phi) is 5.43. The zero-order valence-electron chi connectivity index (χ0n) is 18.2. The molecule has 2 aromatic carbocycles. The SMILES string of the molecule is Cc1cccc(CC2C(=O)NC(Nc3nc(C)c4cc(C)c(C)cc4n3)NC2C)c1. The van der Waals surface area contributed by atoms with Crippen LogP contribution in [0.4, 0.5) is 5.95 Å². The highest BCUT2D eigenvalue weighted by Crippen LogP contribution is 2.22. The first-order valence-corrected chi connectivity index (χ1v) is 10.4. The van der Waals surface area contributed by atoms with Crippen LogP contribution in [-0.4, -0.2) is 28.2 Å². The van der Waals surface area contributed by atoms with E-state index in [0.717, 1.165) is 16.6 Å². The Morgan fingerprint density at radius 1 is 1.03 bits per heavy atom. The lowest BCUT2D eigenvalue weighted by Gasteiger charge is -2.36. The van der Waals surface area contributed by atoms with Crippen LogP contribution in [0.1, 0.15) is 34.9 Å². The quantitative estimate of drug-likeness (QED) is 0.621. The summed E-state index contributed by atoms with van der Waals surface area (Å²) in [5.74, 6) is 0.407. The molecule has 3 aromatic rings. The van der Waals surface area contributed by atoms with Gasteiger partial charge in [-0.2, -0.15) is 0 Å². The molecule has 6 heteroatoms. The van der Waals surface area contributed by atoms with Gasteiger partial charge in [-0.05, 0) is 69.9 Å². The Labute approximate surface area is 177 Å². The van der Waals surface area contributed by atoms with Crippen molar-refractivity contribution >= 4 is 22.8 Å². The molecule has 3 atom stereocenters. The minimum atomic E-state index is -0.412. The molecule has 3 N–H and O–H groups in total. The van der Waals surface area contributed by atoms with Crippen molar-refractivity contribution in [3.05, 3.63) is 64.3 Å². The number of anilines is 1. The van der Waals surface area contributed by atoms with E-state index in [0.29, 0.717) is 12.4 Å². The number of hydrogen-bond donors (Lipinski definition) is 3. The van der Waals surface area contributed by atoms with Crippen molar-refractivity contribution in [3.8, 4) is 0 Å². The van der Waals surface area contributed by atoms with Crippen LogP contribution >= 0.6 is 0 Å². The van der Waals surface area contributed by atoms with Crippen LogP contribution in [0.15, 0.2) is 36.4 Å². The molecule has 2 heterocycles. The molecule has 1 amide bonds. The molecule has 0 aliphatic carbocycles. The van der Waals surface area contributed by atoms with Gasteiger partial charge in [0.05, 0.1) is 17.1 Å². The molecule has 6 nitrogen and oxygen atoms in total. The smallest absolute Gasteiger partial charge is 0.227 e. The third-order valence-corrected chi connectivity index (χ3v) is 5.97. The summed E-state index contributed by atoms with van der Waals surface area (Å²) in [5.41, 5.74) is 6.62. The average Bonchev–Trinajstić information content (AvgIpc) is 2.66. The zero-order valence-corrected chi connectivity index (χ0v) is 18.2. The molecule has 4 rings (SSSR count). The minimum absolute atomic E-state index is 0.0169. The van der Waals surface area contributed by atoms with E-state index >= 15 is 0 Å². The van der Waals surface area contributed by atoms with Gasteiger partial charge in [-0.3, -0.25) is 10.1 Å². The molecule has 0 saturated carbocycles. The second kappa shape index (κ2) is 8.03. The number of nitrogens with zero attached hydrogens (tertiary/aromatic N) is 2. The summed E-state index contributed by atoms with van der Waals surface area (Å²) in [6.07, 6.45) is 0.295. The number of carbonyl (C=O) groups excluding carboxylic acids is 1. The first-order chi connectivity index (χ1) is 14.3. The summed E-state index contributed by atoms with van der Waals surface area (Å²) < 4.78 is 0. The van der Waals surface area contributed by atoms with Crippen molar-refractivity contribution in [3.63, 3.8) is 0 Å². The number of fused-ring (bicyclic) bond motifs is 1. The van der Waals surface area contributed by atoms with Gasteiger partial charge in [0, 0.05) is 11.4 Å². The summed E-state index contributed by atoms with van der Waals surface area (Å²) in [6, 6.07) is 12.5. The summed E-state index contributed by atoms with van der Waals surface area (Å²) >= 11 is 0. The Bertz CT molecular complexity index is 1110. The number of nitrogens with one attached hydrogen (secondary N) is 3. The number of benzene rings is 2. The van der Waals surface area contributed by atoms with Gasteiger partial charge in [-0.1, -0.05) is 29.8 Å². The summed E-state index contributed by atoms with van der Waals surface area (Å²) in [6.45, 7) is 10.3. The average molecular weight is 404 g/mol. The summed E-state index contributed by atoms with van der Waals surface area (Å²) in [4.78, 5) is 22.1. The van der Waals surface area contributed by atoms with E-state index in [4.69, 9.17) is 0 Å². The van der Waals surface area contributed by atoms with E-state index in [9.17, 15) is 4.79 Å². The predicted octanol–water partition coefficient (Wildman–Crippen LogP) is 3.53. The number of aryl methyl sites for hydroxylation is 4. The van der Waals surface area contributed by atoms with Crippen molar-refractivity contribution in [2.45, 2.75) is 53.4 Å². The van der Waals surface area contributed by atoms with Gasteiger partial charge in [0.1, 0.15) is 0 Å². The molecule has 1 aliphatic heterocycles. The van der Waals surface area contributed by atoms with E-state index in [1.165, 1.54) is 22.3 Å². The van der Waals surface area contributed by atoms with Crippen LogP contribution in [0.25, 0.3) is 10.9 Å². The van der Waals surface area contributed by atoms with Crippen LogP contribution in [0.2, 0.25) is 0 Å². The number of aromatic nitrogens is 2. The fourth-order valence-corrected chi connectivity index (χ4v) is 4.07. The molecule has 1 aromatic heterocycles. The topological polar surface area (TPSA) is 78.9 Å². The third kappa shape index (κ3) is 4.14. The first-order valence-electron chi connectivity index (χ1n) is 10.4. The molecule has 1 fully saturated rings. The standard InChI is InChI=1S/C24H29N5O/c1-13-7-6-8-18(9-13)12-20-17(5)26-24(28-22(20)30)29-23-25-16(4)19-10-14(2)15(3)11-21(19)27-23/h6-11,17,20,24,26H,12H2,1-5H3,(H,28,30)(H,25,27,29). The van der Waals surface area contributed by atoms with E-state index < -0.39 is 6.29 Å². The zero-order chi connectivity index (χ0) is 21.4. The molecular weight excluding hydrogens is 374 g/mol. The lowest BCUT2D eigenvalue weighted by Crippen LogP contribution is -2.63. The highest BCUT2D eigenvalue weighted by molar-refractivity contribution is 5.84. The van der Waals surface area contributed by atoms with Gasteiger partial charge < -0.3 is 10.6 Å². The Hall–Kier alpha value is -2.99. The maximum Gasteiger partial charge on any atom is 0.227 e. The largest absolute Gasteiger partial charge is 0.323 e. The van der Waals surface area contributed by atoms with Crippen molar-refractivity contribution in [1.82, 2.24) is 20.6 Å². The van der Waals surface area contributed by atoms with Gasteiger partial charge in [-0.25, -0.2) is 9.97 Å². The second-order valence-corrected chi connectivity index (χ2v) is 8.43. The highest BCUT2D eigenvalue weighted by atomic mass is 16.2. The lowest BCUT2D eigenvalue weighted by atomic mass is 9.90. The van der Waals surface area contributed by atoms with Crippen molar-refractivity contribution in [2.75, 3.05) is 5.32 Å². The van der Waals surface area contributed by atoms with E-state index in [1.54, 1.807) is 0 Å². The second-order valence-electron chi connectivity index (χ2n) is 8.43. The Morgan fingerprint density at radius 2 is 1.80 bits per heavy atom. The molecule has 3 unspecified atom stereocenters. The number of carbonyl (C=O) groups is 1. The Balaban J connectivity index is 1.49. The monoisotopic (exact) mass is 403 g/mol. The molecule has 0 bridgehead atoms. The molecule has 1 aliphatic rings. The fraction of sp³-hybridized carbons (Fsp3) is 0.375. The van der Waals surface area contributed by atoms with Crippen LogP contribution < -0.4 is 16.0 Å². The third-order valence-electron chi connectivity index (χ3n) is 5.97. The molecule has 0 radical (unpaired) electrons. The van der Waals surface area contributed by atoms with Crippen LogP contribution in [-0.2, 0) is 11.2 Å². The summed E-state index contributed by atoms with van der Waals surface area (Å²) in [7, 11) is 0. The molecular formula is C24H29N5O. The fourth-order valence-electron chi connectivity index (χ4n) is 4.07. The van der Waals surface area contributed by atoms with E-state index in [2.05, 4.69) is 77.0 Å². The number of hydrogen-bond acceptors (Lipinski definition) is 5. The van der Waals surface area contributed by atoms with Crippen molar-refractivity contribution < 1.29 is 4.79 Å². The maximum atomic E-state index is 12.8. The first kappa shape index (κ1) is 20.3. The molecule has 0 spiro atoms. The Morgan fingerprint density at radius 3 is 2.53 bits per heavy atom. The van der Waals surface area contributed by atoms with Crippen LogP contribution in [0.5, 0.6) is 0 Å². The minimum Gasteiger partial charge on any atom is -0.323 e. The van der Waals surface area contributed by atoms with Crippen LogP contribution in [0, 0.1) is 33.6 Å². The number of amides is 1. The highest BCUT2D eigenvalue weighted by Gasteiger charge is 2.33. The maximum absolute atomic E-state index is 12.8. The van der Waals surface area contributed by atoms with Gasteiger partial charge in [0.25, 0.3) is 0 Å². The van der Waals surface area contributed by atoms with Crippen molar-refractivity contribution in [1.29, 1.82) is 0 Å².